The molecule has 2 N–H and O–H groups in total. The van der Waals surface area contributed by atoms with Gasteiger partial charge < -0.3 is 5.73 Å². The summed E-state index contributed by atoms with van der Waals surface area (Å²) in [7, 11) is -4.00. The van der Waals surface area contributed by atoms with Crippen LogP contribution < -0.4 is 5.73 Å². The number of anilines is 1. The summed E-state index contributed by atoms with van der Waals surface area (Å²) in [6.45, 7) is 5.80. The number of hydrogen-bond donors (Lipinski definition) is 1. The Hall–Kier alpha value is -4.04. The topological polar surface area (TPSA) is 103 Å². The van der Waals surface area contributed by atoms with Gasteiger partial charge in [-0.15, -0.1) is 0 Å². The highest BCUT2D eigenvalue weighted by atomic mass is 32.2. The van der Waals surface area contributed by atoms with E-state index in [9.17, 15) is 8.42 Å². The molecule has 5 rings (SSSR count). The fourth-order valence-corrected chi connectivity index (χ4v) is 5.45. The first-order valence-corrected chi connectivity index (χ1v) is 12.2. The van der Waals surface area contributed by atoms with Gasteiger partial charge in [0.25, 0.3) is 0 Å². The molecule has 7 nitrogen and oxygen atoms in total. The van der Waals surface area contributed by atoms with Gasteiger partial charge in [0.2, 0.25) is 9.84 Å². The Bertz CT molecular complexity index is 1720. The van der Waals surface area contributed by atoms with Crippen molar-refractivity contribution >= 4 is 44.1 Å². The van der Waals surface area contributed by atoms with E-state index in [-0.39, 0.29) is 26.8 Å². The molecule has 0 aliphatic carbocycles. The molecule has 2 heterocycles. The Labute approximate surface area is 197 Å². The van der Waals surface area contributed by atoms with Crippen LogP contribution in [0.2, 0.25) is 0 Å². The number of hydrogen-bond acceptors (Lipinski definition) is 6. The van der Waals surface area contributed by atoms with Crippen LogP contribution in [0.1, 0.15) is 22.3 Å². The largest absolute Gasteiger partial charge is 0.382 e. The van der Waals surface area contributed by atoms with Gasteiger partial charge in [-0.05, 0) is 61.7 Å². The van der Waals surface area contributed by atoms with Gasteiger partial charge in [-0.25, -0.2) is 18.4 Å². The summed E-state index contributed by atoms with van der Waals surface area (Å²) >= 11 is 0. The quantitative estimate of drug-likeness (QED) is 0.381. The van der Waals surface area contributed by atoms with Crippen LogP contribution in [0.15, 0.2) is 81.6 Å². The molecule has 0 fully saturated rings. The predicted molar refractivity (Wildman–Crippen MR) is 135 cm³/mol. The molecule has 3 aromatic carbocycles. The van der Waals surface area contributed by atoms with Gasteiger partial charge in [0.15, 0.2) is 5.65 Å². The number of rotatable bonds is 4. The number of benzene rings is 3. The van der Waals surface area contributed by atoms with Crippen LogP contribution in [0, 0.1) is 20.8 Å². The molecule has 2 aromatic heterocycles. The number of nitrogens with two attached hydrogens (primary N) is 1. The van der Waals surface area contributed by atoms with Gasteiger partial charge in [-0.1, -0.05) is 48.0 Å². The van der Waals surface area contributed by atoms with Gasteiger partial charge in [0.1, 0.15) is 16.2 Å². The first kappa shape index (κ1) is 21.8. The van der Waals surface area contributed by atoms with E-state index in [1.165, 1.54) is 4.68 Å². The minimum absolute atomic E-state index is 0.0348. The zero-order valence-electron chi connectivity index (χ0n) is 19.0. The molecule has 34 heavy (non-hydrogen) atoms. The smallest absolute Gasteiger partial charge is 0.212 e. The summed E-state index contributed by atoms with van der Waals surface area (Å²) in [6.07, 6.45) is 1.63. The average molecular weight is 470 g/mol. The molecule has 170 valence electrons. The van der Waals surface area contributed by atoms with Crippen molar-refractivity contribution in [2.75, 3.05) is 5.73 Å². The SMILES string of the molecule is Cc1cccc(/C=N/n2c(N)c(S(=O)(=O)c3ccc(C)c(C)c3)c3nc4ccccc4nc32)c1. The number of aromatic nitrogens is 3. The van der Waals surface area contributed by atoms with E-state index in [0.717, 1.165) is 22.3 Å². The fraction of sp³-hybridized carbons (Fsp3) is 0.115. The highest BCUT2D eigenvalue weighted by Crippen LogP contribution is 2.35. The monoisotopic (exact) mass is 469 g/mol. The van der Waals surface area contributed by atoms with Gasteiger partial charge in [-0.2, -0.15) is 9.78 Å². The van der Waals surface area contributed by atoms with Gasteiger partial charge in [0, 0.05) is 0 Å². The summed E-state index contributed by atoms with van der Waals surface area (Å²) in [6, 6.07) is 20.1. The number of sulfone groups is 1. The Kier molecular flexibility index (Phi) is 5.17. The van der Waals surface area contributed by atoms with E-state index in [2.05, 4.69) is 15.1 Å². The zero-order valence-corrected chi connectivity index (χ0v) is 19.8. The second-order valence-corrected chi connectivity index (χ2v) is 10.2. The predicted octanol–water partition coefficient (Wildman–Crippen LogP) is 4.81. The Morgan fingerprint density at radius 1 is 0.882 bits per heavy atom. The fourth-order valence-electron chi connectivity index (χ4n) is 3.88. The van der Waals surface area contributed by atoms with Crippen molar-refractivity contribution in [2.24, 2.45) is 5.10 Å². The van der Waals surface area contributed by atoms with E-state index in [1.54, 1.807) is 30.5 Å². The van der Waals surface area contributed by atoms with E-state index >= 15 is 0 Å². The van der Waals surface area contributed by atoms with Gasteiger partial charge in [-0.3, -0.25) is 0 Å². The third kappa shape index (κ3) is 3.62. The first-order valence-electron chi connectivity index (χ1n) is 10.8. The highest BCUT2D eigenvalue weighted by Gasteiger charge is 2.30. The third-order valence-electron chi connectivity index (χ3n) is 5.85. The molecule has 0 amide bonds. The first-order chi connectivity index (χ1) is 16.3. The highest BCUT2D eigenvalue weighted by molar-refractivity contribution is 7.92. The molecular weight excluding hydrogens is 446 g/mol. The third-order valence-corrected chi connectivity index (χ3v) is 7.66. The lowest BCUT2D eigenvalue weighted by molar-refractivity contribution is 0.597. The molecule has 0 saturated heterocycles. The molecule has 0 unspecified atom stereocenters. The standard InChI is InChI=1S/C26H23N5O2S/c1-16-7-6-8-19(13-16)15-28-31-25(27)24(34(32,33)20-12-11-17(2)18(3)14-20)23-26(31)30-22-10-5-4-9-21(22)29-23/h4-15H,27H2,1-3H3/b28-15+. The maximum absolute atomic E-state index is 13.8. The number of aryl methyl sites for hydroxylation is 3. The lowest BCUT2D eigenvalue weighted by Crippen LogP contribution is -2.07. The second kappa shape index (κ2) is 8.07. The summed E-state index contributed by atoms with van der Waals surface area (Å²) in [5.74, 6) is -0.0348. The van der Waals surface area contributed by atoms with Crippen molar-refractivity contribution in [3.8, 4) is 0 Å². The molecule has 0 aliphatic rings. The summed E-state index contributed by atoms with van der Waals surface area (Å²) < 4.78 is 28.9. The molecule has 5 aromatic rings. The van der Waals surface area contributed by atoms with E-state index in [1.807, 2.05) is 63.2 Å². The van der Waals surface area contributed by atoms with Crippen molar-refractivity contribution in [2.45, 2.75) is 30.6 Å². The van der Waals surface area contributed by atoms with Crippen molar-refractivity contribution in [1.29, 1.82) is 0 Å². The maximum atomic E-state index is 13.8. The Morgan fingerprint density at radius 2 is 1.62 bits per heavy atom. The minimum atomic E-state index is -4.00. The molecule has 0 aliphatic heterocycles. The summed E-state index contributed by atoms with van der Waals surface area (Å²) in [5.41, 5.74) is 11.9. The number of nitrogen functional groups attached to an aromatic ring is 1. The number of para-hydroxylation sites is 2. The van der Waals surface area contributed by atoms with Gasteiger partial charge >= 0.3 is 0 Å². The minimum Gasteiger partial charge on any atom is -0.382 e. The van der Waals surface area contributed by atoms with Crippen molar-refractivity contribution in [1.82, 2.24) is 14.6 Å². The van der Waals surface area contributed by atoms with Crippen LogP contribution in [0.3, 0.4) is 0 Å². The van der Waals surface area contributed by atoms with Crippen LogP contribution >= 0.6 is 0 Å². The zero-order chi connectivity index (χ0) is 24.0. The molecule has 0 radical (unpaired) electrons. The summed E-state index contributed by atoms with van der Waals surface area (Å²) in [4.78, 5) is 9.37. The Balaban J connectivity index is 1.80. The molecule has 0 bridgehead atoms. The van der Waals surface area contributed by atoms with Crippen molar-refractivity contribution < 1.29 is 8.42 Å². The molecule has 0 saturated carbocycles. The van der Waals surface area contributed by atoms with E-state index < -0.39 is 9.84 Å². The summed E-state index contributed by atoms with van der Waals surface area (Å²) in [5, 5.41) is 4.51. The molecular formula is C26H23N5O2S. The lowest BCUT2D eigenvalue weighted by atomic mass is 10.1. The lowest BCUT2D eigenvalue weighted by Gasteiger charge is -2.07. The van der Waals surface area contributed by atoms with Crippen LogP contribution in [-0.4, -0.2) is 29.3 Å². The maximum Gasteiger partial charge on any atom is 0.212 e. The second-order valence-electron chi connectivity index (χ2n) is 8.32. The molecule has 0 spiro atoms. The van der Waals surface area contributed by atoms with Crippen molar-refractivity contribution in [3.05, 3.63) is 89.0 Å². The van der Waals surface area contributed by atoms with Crippen LogP contribution in [0.4, 0.5) is 5.82 Å². The van der Waals surface area contributed by atoms with Crippen LogP contribution in [0.5, 0.6) is 0 Å². The van der Waals surface area contributed by atoms with Crippen LogP contribution in [0.25, 0.3) is 22.2 Å². The normalized spacial score (nSPS) is 12.2. The Morgan fingerprint density at radius 3 is 2.32 bits per heavy atom. The number of nitrogens with zero attached hydrogens (tertiary/aromatic N) is 4. The average Bonchev–Trinajstić information content (AvgIpc) is 3.08. The van der Waals surface area contributed by atoms with E-state index in [0.29, 0.717) is 11.0 Å². The molecule has 0 atom stereocenters. The van der Waals surface area contributed by atoms with Crippen molar-refractivity contribution in [3.63, 3.8) is 0 Å². The van der Waals surface area contributed by atoms with Gasteiger partial charge in [0.05, 0.1) is 22.1 Å². The number of fused-ring (bicyclic) bond motifs is 2. The van der Waals surface area contributed by atoms with E-state index in [4.69, 9.17) is 5.73 Å². The molecule has 8 heteroatoms. The van der Waals surface area contributed by atoms with Crippen LogP contribution in [-0.2, 0) is 9.84 Å².